The lowest BCUT2D eigenvalue weighted by atomic mass is 9.82. The summed E-state index contributed by atoms with van der Waals surface area (Å²) in [6, 6.07) is 3.94. The van der Waals surface area contributed by atoms with E-state index in [1.54, 1.807) is 0 Å². The molecule has 0 amide bonds. The summed E-state index contributed by atoms with van der Waals surface area (Å²) in [6.45, 7) is 5.91. The second-order valence-corrected chi connectivity index (χ2v) is 6.67. The minimum Gasteiger partial charge on any atom is -0.490 e. The van der Waals surface area contributed by atoms with Crippen LogP contribution in [0.1, 0.15) is 28.8 Å². The summed E-state index contributed by atoms with van der Waals surface area (Å²) < 4.78 is 16.9. The monoisotopic (exact) mass is 318 g/mol. The van der Waals surface area contributed by atoms with Gasteiger partial charge in [0.2, 0.25) is 0 Å². The third-order valence-electron chi connectivity index (χ3n) is 5.11. The van der Waals surface area contributed by atoms with Gasteiger partial charge in [-0.25, -0.2) is 0 Å². The average Bonchev–Trinajstić information content (AvgIpc) is 2.82. The number of nitrogens with one attached hydrogen (secondary N) is 1. The van der Waals surface area contributed by atoms with Crippen LogP contribution in [0.25, 0.3) is 0 Å². The molecule has 0 aromatic heterocycles. The molecule has 0 bridgehead atoms. The summed E-state index contributed by atoms with van der Waals surface area (Å²) in [5.41, 5.74) is 1.96. The number of ketones is 1. The van der Waals surface area contributed by atoms with E-state index in [4.69, 9.17) is 14.2 Å². The Morgan fingerprint density at radius 3 is 2.57 bits per heavy atom. The lowest BCUT2D eigenvalue weighted by molar-refractivity contribution is -0.910. The van der Waals surface area contributed by atoms with Gasteiger partial charge in [0.25, 0.3) is 0 Å². The molecule has 5 heteroatoms. The number of hydrogen-bond donors (Lipinski definition) is 1. The fourth-order valence-corrected chi connectivity index (χ4v) is 3.78. The van der Waals surface area contributed by atoms with E-state index in [0.717, 1.165) is 74.7 Å². The minimum absolute atomic E-state index is 0.125. The Balaban J connectivity index is 1.54. The highest BCUT2D eigenvalue weighted by Gasteiger charge is 2.32. The maximum atomic E-state index is 12.9. The van der Waals surface area contributed by atoms with E-state index in [-0.39, 0.29) is 11.7 Å². The van der Waals surface area contributed by atoms with Crippen molar-refractivity contribution in [3.05, 3.63) is 23.3 Å². The number of hydrogen-bond acceptors (Lipinski definition) is 4. The average molecular weight is 318 g/mol. The molecule has 1 saturated heterocycles. The van der Waals surface area contributed by atoms with Gasteiger partial charge in [-0.3, -0.25) is 4.79 Å². The van der Waals surface area contributed by atoms with Gasteiger partial charge in [0.1, 0.15) is 13.1 Å². The second-order valence-electron chi connectivity index (χ2n) is 6.67. The Labute approximate surface area is 136 Å². The van der Waals surface area contributed by atoms with Crippen molar-refractivity contribution in [2.24, 2.45) is 5.92 Å². The van der Waals surface area contributed by atoms with Crippen molar-refractivity contribution in [2.75, 3.05) is 46.1 Å². The lowest BCUT2D eigenvalue weighted by Gasteiger charge is -2.30. The van der Waals surface area contributed by atoms with Crippen LogP contribution in [0.4, 0.5) is 0 Å². The topological polar surface area (TPSA) is 49.2 Å². The number of quaternary nitrogens is 1. The van der Waals surface area contributed by atoms with E-state index >= 15 is 0 Å². The van der Waals surface area contributed by atoms with Crippen molar-refractivity contribution in [3.63, 3.8) is 0 Å². The molecule has 124 valence electrons. The molecule has 1 aromatic rings. The second kappa shape index (κ2) is 6.49. The van der Waals surface area contributed by atoms with Crippen LogP contribution in [0.3, 0.4) is 0 Å². The first-order chi connectivity index (χ1) is 11.3. The molecule has 23 heavy (non-hydrogen) atoms. The lowest BCUT2D eigenvalue weighted by Crippen LogP contribution is -3.14. The van der Waals surface area contributed by atoms with Crippen molar-refractivity contribution >= 4 is 5.78 Å². The van der Waals surface area contributed by atoms with Crippen LogP contribution in [-0.4, -0.2) is 51.8 Å². The predicted molar refractivity (Wildman–Crippen MR) is 84.6 cm³/mol. The van der Waals surface area contributed by atoms with E-state index in [1.807, 2.05) is 12.1 Å². The van der Waals surface area contributed by atoms with Gasteiger partial charge in [-0.15, -0.1) is 0 Å². The predicted octanol–water partition coefficient (Wildman–Crippen LogP) is 0.508. The van der Waals surface area contributed by atoms with Gasteiger partial charge >= 0.3 is 0 Å². The van der Waals surface area contributed by atoms with Crippen LogP contribution < -0.4 is 14.4 Å². The summed E-state index contributed by atoms with van der Waals surface area (Å²) in [5.74, 6) is 1.93. The zero-order valence-electron chi connectivity index (χ0n) is 13.4. The zero-order valence-corrected chi connectivity index (χ0v) is 13.4. The van der Waals surface area contributed by atoms with Crippen molar-refractivity contribution < 1.29 is 23.9 Å². The first kappa shape index (κ1) is 15.0. The third kappa shape index (κ3) is 3.08. The molecule has 1 atom stereocenters. The van der Waals surface area contributed by atoms with Gasteiger partial charge in [0.15, 0.2) is 17.3 Å². The summed E-state index contributed by atoms with van der Waals surface area (Å²) in [6.07, 6.45) is 2.78. The molecular formula is C18H24NO4+. The number of carbonyl (C=O) groups excluding carboxylic acids is 1. The number of Topliss-reactive ketones (excluding diaryl/α,β-unsaturated/α-hetero) is 1. The van der Waals surface area contributed by atoms with E-state index in [1.165, 1.54) is 4.90 Å². The van der Waals surface area contributed by atoms with E-state index in [2.05, 4.69) is 0 Å². The molecule has 0 spiro atoms. The normalized spacial score (nSPS) is 24.9. The standard InChI is InChI=1S/C18H23NO4/c20-18-14(12-19-4-8-21-9-5-19)3-2-13-10-16-17(11-15(13)18)23-7-1-6-22-16/h10-11,14H,1-9,12H2/p+1/t14-/m1/s1. The molecule has 0 radical (unpaired) electrons. The number of morpholine rings is 1. The number of aryl methyl sites for hydroxylation is 1. The van der Waals surface area contributed by atoms with Crippen LogP contribution in [0, 0.1) is 5.92 Å². The van der Waals surface area contributed by atoms with Crippen LogP contribution >= 0.6 is 0 Å². The molecule has 3 aliphatic rings. The molecule has 5 nitrogen and oxygen atoms in total. The Kier molecular flexibility index (Phi) is 4.23. The van der Waals surface area contributed by atoms with Gasteiger partial charge in [0, 0.05) is 12.0 Å². The minimum atomic E-state index is 0.125. The highest BCUT2D eigenvalue weighted by Crippen LogP contribution is 2.36. The summed E-state index contributed by atoms with van der Waals surface area (Å²) in [5, 5.41) is 0. The maximum absolute atomic E-state index is 12.9. The number of fused-ring (bicyclic) bond motifs is 2. The highest BCUT2D eigenvalue weighted by atomic mass is 16.5. The summed E-state index contributed by atoms with van der Waals surface area (Å²) >= 11 is 0. The number of ether oxygens (including phenoxy) is 3. The Morgan fingerprint density at radius 1 is 1.04 bits per heavy atom. The van der Waals surface area contributed by atoms with Crippen molar-refractivity contribution in [1.82, 2.24) is 0 Å². The smallest absolute Gasteiger partial charge is 0.171 e. The van der Waals surface area contributed by atoms with Crippen molar-refractivity contribution in [3.8, 4) is 11.5 Å². The number of benzene rings is 1. The van der Waals surface area contributed by atoms with Crippen LogP contribution in [0.2, 0.25) is 0 Å². The van der Waals surface area contributed by atoms with Gasteiger partial charge < -0.3 is 19.1 Å². The van der Waals surface area contributed by atoms with Gasteiger partial charge in [0.05, 0.1) is 38.9 Å². The molecule has 2 heterocycles. The SMILES string of the molecule is O=C1c2cc3c(cc2CC[C@@H]1C[NH+]1CCOCC1)OCCCO3. The molecule has 1 fully saturated rings. The Morgan fingerprint density at radius 2 is 1.78 bits per heavy atom. The largest absolute Gasteiger partial charge is 0.490 e. The Hall–Kier alpha value is -1.59. The van der Waals surface area contributed by atoms with Crippen molar-refractivity contribution in [2.45, 2.75) is 19.3 Å². The highest BCUT2D eigenvalue weighted by molar-refractivity contribution is 6.01. The van der Waals surface area contributed by atoms with Crippen LogP contribution in [-0.2, 0) is 11.2 Å². The first-order valence-electron chi connectivity index (χ1n) is 8.69. The molecule has 1 aliphatic carbocycles. The fourth-order valence-electron chi connectivity index (χ4n) is 3.78. The van der Waals surface area contributed by atoms with E-state index in [0.29, 0.717) is 13.2 Å². The summed E-state index contributed by atoms with van der Waals surface area (Å²) in [7, 11) is 0. The number of carbonyl (C=O) groups is 1. The van der Waals surface area contributed by atoms with E-state index in [9.17, 15) is 4.79 Å². The molecule has 1 aromatic carbocycles. The third-order valence-corrected chi connectivity index (χ3v) is 5.11. The van der Waals surface area contributed by atoms with Gasteiger partial charge in [-0.2, -0.15) is 0 Å². The maximum Gasteiger partial charge on any atom is 0.171 e. The molecular weight excluding hydrogens is 294 g/mol. The van der Waals surface area contributed by atoms with Crippen LogP contribution in [0.5, 0.6) is 11.5 Å². The quantitative estimate of drug-likeness (QED) is 0.863. The number of rotatable bonds is 2. The first-order valence-corrected chi connectivity index (χ1v) is 8.69. The van der Waals surface area contributed by atoms with Gasteiger partial charge in [-0.1, -0.05) is 0 Å². The van der Waals surface area contributed by atoms with Crippen molar-refractivity contribution in [1.29, 1.82) is 0 Å². The fraction of sp³-hybridized carbons (Fsp3) is 0.611. The van der Waals surface area contributed by atoms with E-state index < -0.39 is 0 Å². The Bertz CT molecular complexity index is 595. The molecule has 0 saturated carbocycles. The van der Waals surface area contributed by atoms with Gasteiger partial charge in [-0.05, 0) is 30.5 Å². The molecule has 2 aliphatic heterocycles. The molecule has 1 N–H and O–H groups in total. The molecule has 4 rings (SSSR count). The zero-order chi connectivity index (χ0) is 15.6. The van der Waals surface area contributed by atoms with Crippen LogP contribution in [0.15, 0.2) is 12.1 Å². The molecule has 0 unspecified atom stereocenters. The summed E-state index contributed by atoms with van der Waals surface area (Å²) in [4.78, 5) is 14.4.